The first kappa shape index (κ1) is 22.8. The lowest BCUT2D eigenvalue weighted by Crippen LogP contribution is -2.32. The van der Waals surface area contributed by atoms with Gasteiger partial charge < -0.3 is 20.1 Å². The van der Waals surface area contributed by atoms with Crippen molar-refractivity contribution in [3.8, 4) is 0 Å². The molecule has 1 atom stereocenters. The summed E-state index contributed by atoms with van der Waals surface area (Å²) < 4.78 is 10.3. The Labute approximate surface area is 180 Å². The maximum absolute atomic E-state index is 12.5. The molecule has 2 aromatic rings. The van der Waals surface area contributed by atoms with Gasteiger partial charge in [0.05, 0.1) is 24.8 Å². The summed E-state index contributed by atoms with van der Waals surface area (Å²) in [6.07, 6.45) is 0.827. The summed E-state index contributed by atoms with van der Waals surface area (Å²) >= 11 is 6.61. The highest BCUT2D eigenvalue weighted by Gasteiger charge is 2.27. The minimum atomic E-state index is -0.503. The molecule has 0 amide bonds. The molecule has 0 bridgehead atoms. The molecule has 1 aromatic heterocycles. The van der Waals surface area contributed by atoms with Gasteiger partial charge in [-0.1, -0.05) is 37.3 Å². The van der Waals surface area contributed by atoms with Crippen LogP contribution in [0.15, 0.2) is 30.3 Å². The van der Waals surface area contributed by atoms with E-state index in [1.807, 2.05) is 30.3 Å². The lowest BCUT2D eigenvalue weighted by Gasteiger charge is -2.20. The predicted octanol–water partition coefficient (Wildman–Crippen LogP) is 4.85. The number of anilines is 1. The third-order valence-corrected chi connectivity index (χ3v) is 5.64. The number of hydrogen-bond donors (Lipinski definition) is 2. The zero-order valence-electron chi connectivity index (χ0n) is 17.0. The molecule has 29 heavy (non-hydrogen) atoms. The lowest BCUT2D eigenvalue weighted by atomic mass is 10.1. The van der Waals surface area contributed by atoms with Gasteiger partial charge in [-0.05, 0) is 50.5 Å². The van der Waals surface area contributed by atoms with Crippen molar-refractivity contribution in [3.63, 3.8) is 0 Å². The van der Waals surface area contributed by atoms with Gasteiger partial charge in [-0.2, -0.15) is 0 Å². The summed E-state index contributed by atoms with van der Waals surface area (Å²) in [5.74, 6) is -0.972. The van der Waals surface area contributed by atoms with Crippen LogP contribution in [0.2, 0.25) is 0 Å². The molecule has 0 aliphatic heterocycles. The van der Waals surface area contributed by atoms with Crippen LogP contribution in [0.25, 0.3) is 0 Å². The number of carbonyl (C=O) groups is 2. The Morgan fingerprint density at radius 1 is 1.07 bits per heavy atom. The standard InChI is InChI=1S/C21H26N2O4S2/c1-5-15(14-11-9-8-10-12-14)22-21(28)23-18-16(19(24)26-6-2)13(4)17(29-18)20(25)27-7-3/h8-12,15H,5-7H2,1-4H3,(H2,22,23,28). The van der Waals surface area contributed by atoms with E-state index >= 15 is 0 Å². The maximum atomic E-state index is 12.5. The van der Waals surface area contributed by atoms with Crippen molar-refractivity contribution in [2.75, 3.05) is 18.5 Å². The molecule has 2 N–H and O–H groups in total. The van der Waals surface area contributed by atoms with E-state index < -0.39 is 11.9 Å². The molecule has 1 heterocycles. The van der Waals surface area contributed by atoms with Crippen LogP contribution >= 0.6 is 23.6 Å². The second-order valence-electron chi connectivity index (χ2n) is 6.17. The molecule has 0 saturated carbocycles. The number of benzene rings is 1. The van der Waals surface area contributed by atoms with E-state index in [0.717, 1.165) is 23.3 Å². The number of nitrogens with one attached hydrogen (secondary N) is 2. The van der Waals surface area contributed by atoms with Gasteiger partial charge in [-0.3, -0.25) is 0 Å². The summed E-state index contributed by atoms with van der Waals surface area (Å²) in [6, 6.07) is 9.99. The Balaban J connectivity index is 2.27. The van der Waals surface area contributed by atoms with Crippen LogP contribution in [0, 0.1) is 6.92 Å². The molecular weight excluding hydrogens is 408 g/mol. The average molecular weight is 435 g/mol. The third kappa shape index (κ3) is 5.77. The van der Waals surface area contributed by atoms with Crippen LogP contribution in [-0.4, -0.2) is 30.3 Å². The number of esters is 2. The van der Waals surface area contributed by atoms with E-state index in [1.54, 1.807) is 20.8 Å². The van der Waals surface area contributed by atoms with E-state index in [4.69, 9.17) is 21.7 Å². The van der Waals surface area contributed by atoms with Crippen LogP contribution < -0.4 is 10.6 Å². The number of thiocarbonyl (C=S) groups is 1. The van der Waals surface area contributed by atoms with E-state index in [-0.39, 0.29) is 19.3 Å². The van der Waals surface area contributed by atoms with Crippen LogP contribution in [0.4, 0.5) is 5.00 Å². The van der Waals surface area contributed by atoms with Crippen LogP contribution in [-0.2, 0) is 9.47 Å². The molecule has 2 rings (SSSR count). The van der Waals surface area contributed by atoms with E-state index in [2.05, 4.69) is 17.6 Å². The second-order valence-corrected chi connectivity index (χ2v) is 7.60. The van der Waals surface area contributed by atoms with Gasteiger partial charge in [0, 0.05) is 0 Å². The summed E-state index contributed by atoms with van der Waals surface area (Å²) in [6.45, 7) is 7.72. The van der Waals surface area contributed by atoms with Crippen molar-refractivity contribution in [2.45, 2.75) is 40.2 Å². The first-order valence-corrected chi connectivity index (χ1v) is 10.7. The van der Waals surface area contributed by atoms with Gasteiger partial charge in [-0.25, -0.2) is 9.59 Å². The molecule has 0 saturated heterocycles. The first-order chi connectivity index (χ1) is 13.9. The number of ether oxygens (including phenoxy) is 2. The summed E-state index contributed by atoms with van der Waals surface area (Å²) in [5.41, 5.74) is 1.93. The van der Waals surface area contributed by atoms with Gasteiger partial charge in [0.15, 0.2) is 5.11 Å². The number of rotatable bonds is 8. The molecule has 0 aliphatic carbocycles. The van der Waals surface area contributed by atoms with Crippen molar-refractivity contribution in [2.24, 2.45) is 0 Å². The Kier molecular flexibility index (Phi) is 8.60. The van der Waals surface area contributed by atoms with Crippen LogP contribution in [0.5, 0.6) is 0 Å². The first-order valence-electron chi connectivity index (χ1n) is 9.52. The van der Waals surface area contributed by atoms with Crippen LogP contribution in [0.1, 0.15) is 64.4 Å². The molecule has 8 heteroatoms. The molecule has 156 valence electrons. The number of carbonyl (C=O) groups excluding carboxylic acids is 2. The van der Waals surface area contributed by atoms with Gasteiger partial charge in [0.2, 0.25) is 0 Å². The monoisotopic (exact) mass is 434 g/mol. The topological polar surface area (TPSA) is 76.7 Å². The van der Waals surface area contributed by atoms with Gasteiger partial charge in [0.1, 0.15) is 9.88 Å². The third-order valence-electron chi connectivity index (χ3n) is 4.23. The Morgan fingerprint density at radius 3 is 2.28 bits per heavy atom. The fraction of sp³-hybridized carbons (Fsp3) is 0.381. The van der Waals surface area contributed by atoms with Crippen molar-refractivity contribution >= 4 is 45.6 Å². The number of thiophene rings is 1. The lowest BCUT2D eigenvalue weighted by molar-refractivity contribution is 0.0527. The largest absolute Gasteiger partial charge is 0.462 e. The highest BCUT2D eigenvalue weighted by atomic mass is 32.1. The second kappa shape index (κ2) is 10.9. The summed E-state index contributed by atoms with van der Waals surface area (Å²) in [7, 11) is 0. The minimum Gasteiger partial charge on any atom is -0.462 e. The summed E-state index contributed by atoms with van der Waals surface area (Å²) in [5, 5.41) is 7.17. The van der Waals surface area contributed by atoms with Crippen molar-refractivity contribution in [1.29, 1.82) is 0 Å². The fourth-order valence-corrected chi connectivity index (χ4v) is 4.25. The highest BCUT2D eigenvalue weighted by Crippen LogP contribution is 2.34. The molecule has 1 aromatic carbocycles. The van der Waals surface area contributed by atoms with Gasteiger partial charge >= 0.3 is 11.9 Å². The Hall–Kier alpha value is -2.45. The molecule has 1 unspecified atom stereocenters. The maximum Gasteiger partial charge on any atom is 0.348 e. The normalized spacial score (nSPS) is 11.4. The molecule has 0 radical (unpaired) electrons. The van der Waals surface area contributed by atoms with Crippen molar-refractivity contribution in [3.05, 3.63) is 51.9 Å². The van der Waals surface area contributed by atoms with Crippen molar-refractivity contribution in [1.82, 2.24) is 5.32 Å². The predicted molar refractivity (Wildman–Crippen MR) is 120 cm³/mol. The molecule has 0 fully saturated rings. The molecular formula is C21H26N2O4S2. The van der Waals surface area contributed by atoms with Gasteiger partial charge in [-0.15, -0.1) is 11.3 Å². The van der Waals surface area contributed by atoms with Crippen molar-refractivity contribution < 1.29 is 19.1 Å². The molecule has 0 spiro atoms. The fourth-order valence-electron chi connectivity index (χ4n) is 2.85. The van der Waals surface area contributed by atoms with E-state index in [1.165, 1.54) is 0 Å². The van der Waals surface area contributed by atoms with Gasteiger partial charge in [0.25, 0.3) is 0 Å². The highest BCUT2D eigenvalue weighted by molar-refractivity contribution is 7.80. The van der Waals surface area contributed by atoms with Crippen LogP contribution in [0.3, 0.4) is 0 Å². The molecule has 0 aliphatic rings. The van der Waals surface area contributed by atoms with E-state index in [9.17, 15) is 9.59 Å². The zero-order chi connectivity index (χ0) is 21.4. The summed E-state index contributed by atoms with van der Waals surface area (Å²) in [4.78, 5) is 25.1. The number of hydrogen-bond acceptors (Lipinski definition) is 6. The SMILES string of the molecule is CCOC(=O)c1sc(NC(=S)NC(CC)c2ccccc2)c(C(=O)OCC)c1C. The average Bonchev–Trinajstić information content (AvgIpc) is 3.03. The zero-order valence-corrected chi connectivity index (χ0v) is 18.7. The molecule has 6 nitrogen and oxygen atoms in total. The van der Waals surface area contributed by atoms with E-state index in [0.29, 0.717) is 26.1 Å². The Bertz CT molecular complexity index is 865. The quantitative estimate of drug-likeness (QED) is 0.454. The Morgan fingerprint density at radius 2 is 1.69 bits per heavy atom. The minimum absolute atomic E-state index is 0.0211. The smallest absolute Gasteiger partial charge is 0.348 e.